The molecule has 0 spiro atoms. The zero-order valence-electron chi connectivity index (χ0n) is 16.4. The molecule has 5 heteroatoms. The number of ether oxygens (including phenoxy) is 1. The molecule has 3 aromatic rings. The molecule has 0 bridgehead atoms. The van der Waals surface area contributed by atoms with E-state index < -0.39 is 0 Å². The third-order valence-corrected chi connectivity index (χ3v) is 4.85. The summed E-state index contributed by atoms with van der Waals surface area (Å²) in [5, 5.41) is 3.63. The van der Waals surface area contributed by atoms with E-state index in [1.807, 2.05) is 86.6 Å². The smallest absolute Gasteiger partial charge is 0.258 e. The Labute approximate surface area is 176 Å². The summed E-state index contributed by atoms with van der Waals surface area (Å²) in [6, 6.07) is 22.9. The zero-order valence-corrected chi connectivity index (χ0v) is 17.2. The second kappa shape index (κ2) is 9.89. The maximum Gasteiger partial charge on any atom is 0.258 e. The minimum Gasteiger partial charge on any atom is -0.484 e. The van der Waals surface area contributed by atoms with Crippen LogP contribution >= 0.6 is 11.6 Å². The van der Waals surface area contributed by atoms with Crippen molar-refractivity contribution in [2.24, 2.45) is 4.99 Å². The molecule has 0 unspecified atom stereocenters. The predicted octanol–water partition coefficient (Wildman–Crippen LogP) is 5.66. The van der Waals surface area contributed by atoms with E-state index in [-0.39, 0.29) is 18.6 Å². The van der Waals surface area contributed by atoms with E-state index in [1.54, 1.807) is 6.21 Å². The molecule has 1 atom stereocenters. The Morgan fingerprint density at radius 1 is 1.10 bits per heavy atom. The van der Waals surface area contributed by atoms with E-state index in [2.05, 4.69) is 10.3 Å². The van der Waals surface area contributed by atoms with Crippen molar-refractivity contribution >= 4 is 29.4 Å². The van der Waals surface area contributed by atoms with Crippen molar-refractivity contribution < 1.29 is 9.53 Å². The van der Waals surface area contributed by atoms with Gasteiger partial charge in [-0.1, -0.05) is 48.0 Å². The van der Waals surface area contributed by atoms with Crippen molar-refractivity contribution in [3.8, 4) is 5.75 Å². The number of aliphatic imine (C=N–C) groups is 1. The SMILES string of the molecule is Cc1ccc(N=Cc2ccc(OCC(=O)N[C@H](C)c3ccccc3)cc2)cc1Cl. The Hall–Kier alpha value is -3.11. The fraction of sp³-hybridized carbons (Fsp3) is 0.167. The molecule has 0 fully saturated rings. The van der Waals surface area contributed by atoms with Crippen molar-refractivity contribution in [2.75, 3.05) is 6.61 Å². The lowest BCUT2D eigenvalue weighted by atomic mass is 10.1. The molecule has 29 heavy (non-hydrogen) atoms. The Balaban J connectivity index is 1.50. The Morgan fingerprint density at radius 3 is 2.52 bits per heavy atom. The zero-order chi connectivity index (χ0) is 20.6. The number of halogens is 1. The Morgan fingerprint density at radius 2 is 1.83 bits per heavy atom. The first-order chi connectivity index (χ1) is 14.0. The minimum atomic E-state index is -0.164. The van der Waals surface area contributed by atoms with Gasteiger partial charge in [-0.25, -0.2) is 0 Å². The van der Waals surface area contributed by atoms with Crippen LogP contribution in [-0.2, 0) is 4.79 Å². The maximum atomic E-state index is 12.1. The molecule has 0 saturated heterocycles. The van der Waals surface area contributed by atoms with Crippen LogP contribution in [-0.4, -0.2) is 18.7 Å². The predicted molar refractivity (Wildman–Crippen MR) is 118 cm³/mol. The van der Waals surface area contributed by atoms with E-state index in [4.69, 9.17) is 16.3 Å². The average molecular weight is 407 g/mol. The molecule has 3 rings (SSSR count). The maximum absolute atomic E-state index is 12.1. The molecule has 0 heterocycles. The highest BCUT2D eigenvalue weighted by Crippen LogP contribution is 2.22. The minimum absolute atomic E-state index is 0.0352. The van der Waals surface area contributed by atoms with Gasteiger partial charge in [0.15, 0.2) is 6.61 Å². The highest BCUT2D eigenvalue weighted by Gasteiger charge is 2.09. The van der Waals surface area contributed by atoms with Crippen molar-refractivity contribution in [3.63, 3.8) is 0 Å². The van der Waals surface area contributed by atoms with E-state index in [0.29, 0.717) is 10.8 Å². The van der Waals surface area contributed by atoms with Crippen LogP contribution in [0.2, 0.25) is 5.02 Å². The van der Waals surface area contributed by atoms with E-state index in [9.17, 15) is 4.79 Å². The van der Waals surface area contributed by atoms with Gasteiger partial charge in [-0.05, 0) is 66.9 Å². The number of hydrogen-bond acceptors (Lipinski definition) is 3. The highest BCUT2D eigenvalue weighted by atomic mass is 35.5. The molecule has 0 aliphatic rings. The van der Waals surface area contributed by atoms with Gasteiger partial charge < -0.3 is 10.1 Å². The number of nitrogens with zero attached hydrogens (tertiary/aromatic N) is 1. The van der Waals surface area contributed by atoms with Crippen molar-refractivity contribution in [3.05, 3.63) is 94.5 Å². The molecular formula is C24H23ClN2O2. The first kappa shape index (κ1) is 20.6. The van der Waals surface area contributed by atoms with Gasteiger partial charge in [-0.2, -0.15) is 0 Å². The fourth-order valence-electron chi connectivity index (χ4n) is 2.72. The Bertz CT molecular complexity index is 986. The first-order valence-electron chi connectivity index (χ1n) is 9.38. The lowest BCUT2D eigenvalue weighted by molar-refractivity contribution is -0.123. The largest absolute Gasteiger partial charge is 0.484 e. The second-order valence-electron chi connectivity index (χ2n) is 6.75. The van der Waals surface area contributed by atoms with Crippen LogP contribution in [0.3, 0.4) is 0 Å². The summed E-state index contributed by atoms with van der Waals surface area (Å²) >= 11 is 6.12. The summed E-state index contributed by atoms with van der Waals surface area (Å²) in [6.45, 7) is 3.87. The molecule has 1 N–H and O–H groups in total. The molecule has 0 aliphatic heterocycles. The van der Waals surface area contributed by atoms with Crippen LogP contribution in [0.25, 0.3) is 0 Å². The lowest BCUT2D eigenvalue weighted by Crippen LogP contribution is -2.31. The third-order valence-electron chi connectivity index (χ3n) is 4.45. The Kier molecular flexibility index (Phi) is 7.04. The van der Waals surface area contributed by atoms with Crippen LogP contribution in [0, 0.1) is 6.92 Å². The summed E-state index contributed by atoms with van der Waals surface area (Å²) in [7, 11) is 0. The standard InChI is InChI=1S/C24H23ClN2O2/c1-17-8-11-21(14-23(17)25)26-15-19-9-12-22(13-10-19)29-16-24(28)27-18(2)20-6-4-3-5-7-20/h3-15,18H,16H2,1-2H3,(H,27,28)/t18-/m1/s1. The van der Waals surface area contributed by atoms with Gasteiger partial charge in [0.2, 0.25) is 0 Å². The van der Waals surface area contributed by atoms with Crippen LogP contribution in [0.15, 0.2) is 77.8 Å². The number of rotatable bonds is 7. The third kappa shape index (κ3) is 6.19. The molecule has 0 aromatic heterocycles. The summed E-state index contributed by atoms with van der Waals surface area (Å²) in [5.41, 5.74) is 3.80. The van der Waals surface area contributed by atoms with Gasteiger partial charge in [0.05, 0.1) is 11.7 Å². The quantitative estimate of drug-likeness (QED) is 0.515. The number of hydrogen-bond donors (Lipinski definition) is 1. The normalized spacial score (nSPS) is 12.0. The van der Waals surface area contributed by atoms with E-state index in [0.717, 1.165) is 22.4 Å². The van der Waals surface area contributed by atoms with Crippen LogP contribution in [0.5, 0.6) is 5.75 Å². The number of carbonyl (C=O) groups excluding carboxylic acids is 1. The summed E-state index contributed by atoms with van der Waals surface area (Å²) in [4.78, 5) is 16.5. The summed E-state index contributed by atoms with van der Waals surface area (Å²) in [5.74, 6) is 0.464. The monoisotopic (exact) mass is 406 g/mol. The van der Waals surface area contributed by atoms with Crippen LogP contribution < -0.4 is 10.1 Å². The number of aryl methyl sites for hydroxylation is 1. The number of nitrogens with one attached hydrogen (secondary N) is 1. The van der Waals surface area contributed by atoms with Crippen LogP contribution in [0.1, 0.15) is 29.7 Å². The summed E-state index contributed by atoms with van der Waals surface area (Å²) in [6.07, 6.45) is 1.76. The number of carbonyl (C=O) groups is 1. The van der Waals surface area contributed by atoms with Gasteiger partial charge in [0.1, 0.15) is 5.75 Å². The van der Waals surface area contributed by atoms with E-state index >= 15 is 0 Å². The topological polar surface area (TPSA) is 50.7 Å². The number of amides is 1. The molecule has 4 nitrogen and oxygen atoms in total. The van der Waals surface area contributed by atoms with Crippen molar-refractivity contribution in [1.29, 1.82) is 0 Å². The summed E-state index contributed by atoms with van der Waals surface area (Å²) < 4.78 is 5.58. The highest BCUT2D eigenvalue weighted by molar-refractivity contribution is 6.31. The second-order valence-corrected chi connectivity index (χ2v) is 7.16. The van der Waals surface area contributed by atoms with Crippen LogP contribution in [0.4, 0.5) is 5.69 Å². The van der Waals surface area contributed by atoms with Gasteiger partial charge >= 0.3 is 0 Å². The van der Waals surface area contributed by atoms with Crippen molar-refractivity contribution in [2.45, 2.75) is 19.9 Å². The fourth-order valence-corrected chi connectivity index (χ4v) is 2.89. The van der Waals surface area contributed by atoms with Gasteiger partial charge in [0, 0.05) is 11.2 Å². The van der Waals surface area contributed by atoms with E-state index in [1.165, 1.54) is 0 Å². The lowest BCUT2D eigenvalue weighted by Gasteiger charge is -2.14. The van der Waals surface area contributed by atoms with Gasteiger partial charge in [-0.3, -0.25) is 9.79 Å². The van der Waals surface area contributed by atoms with Gasteiger partial charge in [0.25, 0.3) is 5.91 Å². The first-order valence-corrected chi connectivity index (χ1v) is 9.76. The van der Waals surface area contributed by atoms with Crippen molar-refractivity contribution in [1.82, 2.24) is 5.32 Å². The molecular weight excluding hydrogens is 384 g/mol. The van der Waals surface area contributed by atoms with Gasteiger partial charge in [-0.15, -0.1) is 0 Å². The molecule has 3 aromatic carbocycles. The molecule has 0 saturated carbocycles. The average Bonchev–Trinajstić information content (AvgIpc) is 2.74. The molecule has 1 amide bonds. The molecule has 0 radical (unpaired) electrons. The number of benzene rings is 3. The molecule has 148 valence electrons. The molecule has 0 aliphatic carbocycles.